The Morgan fingerprint density at radius 2 is 1.50 bits per heavy atom. The highest BCUT2D eigenvalue weighted by Gasteiger charge is 2.30. The van der Waals surface area contributed by atoms with Crippen LogP contribution in [-0.2, 0) is 32.0 Å². The number of fused-ring (bicyclic) bond motifs is 1. The van der Waals surface area contributed by atoms with Crippen molar-refractivity contribution in [2.75, 3.05) is 13.2 Å². The summed E-state index contributed by atoms with van der Waals surface area (Å²) in [7, 11) is 0. The predicted molar refractivity (Wildman–Crippen MR) is 162 cm³/mol. The maximum Gasteiger partial charge on any atom is 0.326 e. The van der Waals surface area contributed by atoms with Gasteiger partial charge in [-0.15, -0.1) is 0 Å². The van der Waals surface area contributed by atoms with Crippen LogP contribution in [-0.4, -0.2) is 87.3 Å². The minimum Gasteiger partial charge on any atom is -0.508 e. The van der Waals surface area contributed by atoms with Crippen LogP contribution in [0, 0.1) is 0 Å². The number of guanidine groups is 1. The molecule has 0 fully saturated rings. The highest BCUT2D eigenvalue weighted by atomic mass is 16.4. The van der Waals surface area contributed by atoms with Crippen LogP contribution < -0.4 is 33.2 Å². The highest BCUT2D eigenvalue weighted by molar-refractivity contribution is 5.94. The maximum atomic E-state index is 13.3. The first kappa shape index (κ1) is 33.4. The number of carboxylic acids is 1. The number of phenolic OH excluding ortho intramolecular Hbond substituents is 1. The Kier molecular flexibility index (Phi) is 12.1. The Hall–Kier alpha value is -5.15. The summed E-state index contributed by atoms with van der Waals surface area (Å²) in [6.45, 7) is -0.649. The molecule has 1 aromatic heterocycles. The van der Waals surface area contributed by atoms with Crippen molar-refractivity contribution in [2.45, 2.75) is 49.9 Å². The van der Waals surface area contributed by atoms with Crippen molar-refractivity contribution in [3.05, 3.63) is 65.9 Å². The smallest absolute Gasteiger partial charge is 0.326 e. The van der Waals surface area contributed by atoms with Crippen LogP contribution in [0.1, 0.15) is 24.0 Å². The van der Waals surface area contributed by atoms with E-state index in [1.165, 1.54) is 24.3 Å². The molecule has 4 atom stereocenters. The predicted octanol–water partition coefficient (Wildman–Crippen LogP) is -1.43. The molecular formula is C29H38N8O7. The average molecular weight is 611 g/mol. The van der Waals surface area contributed by atoms with Crippen LogP contribution in [0.3, 0.4) is 0 Å². The number of H-pyrrole nitrogens is 1. The number of nitrogens with two attached hydrogens (primary N) is 3. The van der Waals surface area contributed by atoms with Crippen molar-refractivity contribution in [1.82, 2.24) is 20.9 Å². The summed E-state index contributed by atoms with van der Waals surface area (Å²) in [5, 5.41) is 37.4. The third-order valence-electron chi connectivity index (χ3n) is 6.84. The Morgan fingerprint density at radius 1 is 0.864 bits per heavy atom. The molecule has 0 bridgehead atoms. The molecule has 0 aliphatic rings. The Morgan fingerprint density at radius 3 is 2.16 bits per heavy atom. The number of aliphatic carboxylic acids is 1. The number of phenols is 1. The second-order valence-electron chi connectivity index (χ2n) is 10.2. The number of nitrogens with one attached hydrogen (secondary N) is 4. The van der Waals surface area contributed by atoms with E-state index >= 15 is 0 Å². The van der Waals surface area contributed by atoms with Crippen molar-refractivity contribution in [1.29, 1.82) is 0 Å². The number of rotatable bonds is 16. The van der Waals surface area contributed by atoms with Gasteiger partial charge < -0.3 is 53.5 Å². The van der Waals surface area contributed by atoms with E-state index in [1.807, 2.05) is 24.3 Å². The molecule has 0 spiro atoms. The van der Waals surface area contributed by atoms with E-state index < -0.39 is 54.5 Å². The summed E-state index contributed by atoms with van der Waals surface area (Å²) < 4.78 is 0. The van der Waals surface area contributed by atoms with Crippen LogP contribution in [0.15, 0.2) is 59.7 Å². The molecule has 3 amide bonds. The standard InChI is InChI=1S/C29H38N8O7/c30-20(13-17-14-34-21-5-2-1-4-19(17)21)25(40)37-24(15-38)27(42)36-23(12-16-7-9-18(39)10-8-16)26(41)35-22(28(43)44)6-3-11-33-29(31)32/h1-2,4-5,7-10,14,20,22-24,34,38-39H,3,6,11-13,15,30H2,(H,35,41)(H,36,42)(H,37,40)(H,43,44)(H4,31,32,33). The van der Waals surface area contributed by atoms with E-state index in [1.54, 1.807) is 6.20 Å². The molecule has 236 valence electrons. The van der Waals surface area contributed by atoms with E-state index in [9.17, 15) is 34.5 Å². The van der Waals surface area contributed by atoms with E-state index in [2.05, 4.69) is 25.9 Å². The Balaban J connectivity index is 1.69. The number of hydrogen-bond acceptors (Lipinski definition) is 8. The number of aromatic nitrogens is 1. The van der Waals surface area contributed by atoms with Gasteiger partial charge in [0, 0.05) is 30.1 Å². The molecule has 4 unspecified atom stereocenters. The van der Waals surface area contributed by atoms with Gasteiger partial charge in [-0.25, -0.2) is 4.79 Å². The fourth-order valence-electron chi connectivity index (χ4n) is 4.49. The SMILES string of the molecule is NC(N)=NCCCC(NC(=O)C(Cc1ccc(O)cc1)NC(=O)C(CO)NC(=O)C(N)Cc1c[nH]c2ccccc12)C(=O)O. The number of para-hydroxylation sites is 1. The van der Waals surface area contributed by atoms with Crippen LogP contribution in [0.4, 0.5) is 0 Å². The normalized spacial score (nSPS) is 13.7. The number of aliphatic hydroxyl groups is 1. The minimum absolute atomic E-state index is 0.00136. The number of nitrogens with zero attached hydrogens (tertiary/aromatic N) is 1. The van der Waals surface area contributed by atoms with Gasteiger partial charge in [0.25, 0.3) is 0 Å². The van der Waals surface area contributed by atoms with Gasteiger partial charge in [0.15, 0.2) is 5.96 Å². The Labute approximate surface area is 252 Å². The van der Waals surface area contributed by atoms with Crippen LogP contribution in [0.25, 0.3) is 10.9 Å². The first-order chi connectivity index (χ1) is 21.0. The molecular weight excluding hydrogens is 572 g/mol. The van der Waals surface area contributed by atoms with E-state index in [0.717, 1.165) is 16.5 Å². The number of carboxylic acid groups (broad SMARTS) is 1. The first-order valence-corrected chi connectivity index (χ1v) is 13.9. The number of aliphatic hydroxyl groups excluding tert-OH is 1. The lowest BCUT2D eigenvalue weighted by atomic mass is 10.0. The minimum atomic E-state index is -1.46. The van der Waals surface area contributed by atoms with Gasteiger partial charge in [-0.05, 0) is 48.6 Å². The van der Waals surface area contributed by atoms with Crippen LogP contribution >= 0.6 is 0 Å². The number of carbonyl (C=O) groups is 4. The lowest BCUT2D eigenvalue weighted by molar-refractivity contribution is -0.142. The summed E-state index contributed by atoms with van der Waals surface area (Å²) in [6.07, 6.45) is 2.06. The fraction of sp³-hybridized carbons (Fsp3) is 0.345. The molecule has 2 aromatic carbocycles. The largest absolute Gasteiger partial charge is 0.508 e. The number of hydrogen-bond donors (Lipinski definition) is 10. The number of aromatic hydroxyl groups is 1. The zero-order chi connectivity index (χ0) is 32.2. The lowest BCUT2D eigenvalue weighted by Gasteiger charge is -2.24. The third kappa shape index (κ3) is 9.71. The van der Waals surface area contributed by atoms with Gasteiger partial charge in [0.2, 0.25) is 17.7 Å². The zero-order valence-electron chi connectivity index (χ0n) is 23.9. The molecule has 0 saturated heterocycles. The number of carbonyl (C=O) groups excluding carboxylic acids is 3. The van der Waals surface area contributed by atoms with Crippen molar-refractivity contribution >= 4 is 40.6 Å². The number of aromatic amines is 1. The topological polar surface area (TPSA) is 271 Å². The van der Waals surface area contributed by atoms with Gasteiger partial charge in [-0.3, -0.25) is 19.4 Å². The average Bonchev–Trinajstić information content (AvgIpc) is 3.40. The lowest BCUT2D eigenvalue weighted by Crippen LogP contribution is -2.58. The molecule has 13 N–H and O–H groups in total. The molecule has 0 saturated carbocycles. The Bertz CT molecular complexity index is 1470. The van der Waals surface area contributed by atoms with E-state index in [4.69, 9.17) is 17.2 Å². The van der Waals surface area contributed by atoms with E-state index in [-0.39, 0.29) is 43.9 Å². The van der Waals surface area contributed by atoms with Crippen molar-refractivity contribution in [3.63, 3.8) is 0 Å². The summed E-state index contributed by atoms with van der Waals surface area (Å²) in [6, 6.07) is 8.19. The second kappa shape index (κ2) is 15.9. The number of aliphatic imine (C=N–C) groups is 1. The molecule has 0 radical (unpaired) electrons. The summed E-state index contributed by atoms with van der Waals surface area (Å²) in [4.78, 5) is 58.0. The highest BCUT2D eigenvalue weighted by Crippen LogP contribution is 2.19. The molecule has 44 heavy (non-hydrogen) atoms. The molecule has 0 aliphatic carbocycles. The quantitative estimate of drug-likeness (QED) is 0.0513. The van der Waals surface area contributed by atoms with Gasteiger partial charge in [0.1, 0.15) is 23.9 Å². The van der Waals surface area contributed by atoms with Gasteiger partial charge in [0.05, 0.1) is 12.6 Å². The monoisotopic (exact) mass is 610 g/mol. The number of benzene rings is 2. The fourth-order valence-corrected chi connectivity index (χ4v) is 4.49. The second-order valence-corrected chi connectivity index (χ2v) is 10.2. The van der Waals surface area contributed by atoms with Crippen LogP contribution in [0.5, 0.6) is 5.75 Å². The van der Waals surface area contributed by atoms with E-state index in [0.29, 0.717) is 5.56 Å². The maximum absolute atomic E-state index is 13.3. The molecule has 3 rings (SSSR count). The summed E-state index contributed by atoms with van der Waals surface area (Å²) in [5.41, 5.74) is 18.9. The molecule has 1 heterocycles. The van der Waals surface area contributed by atoms with Crippen molar-refractivity contribution < 1.29 is 34.5 Å². The van der Waals surface area contributed by atoms with Crippen molar-refractivity contribution in [2.24, 2.45) is 22.2 Å². The van der Waals surface area contributed by atoms with Gasteiger partial charge in [-0.1, -0.05) is 30.3 Å². The van der Waals surface area contributed by atoms with Crippen LogP contribution in [0.2, 0.25) is 0 Å². The molecule has 15 nitrogen and oxygen atoms in total. The van der Waals surface area contributed by atoms with Gasteiger partial charge >= 0.3 is 5.97 Å². The summed E-state index contributed by atoms with van der Waals surface area (Å²) >= 11 is 0. The molecule has 0 aliphatic heterocycles. The van der Waals surface area contributed by atoms with Crippen molar-refractivity contribution in [3.8, 4) is 5.75 Å². The first-order valence-electron chi connectivity index (χ1n) is 13.9. The zero-order valence-corrected chi connectivity index (χ0v) is 23.9. The van der Waals surface area contributed by atoms with Gasteiger partial charge in [-0.2, -0.15) is 0 Å². The third-order valence-corrected chi connectivity index (χ3v) is 6.84. The molecule has 15 heteroatoms. The summed E-state index contributed by atoms with van der Waals surface area (Å²) in [5.74, 6) is -3.88. The number of amides is 3. The molecule has 3 aromatic rings.